The quantitative estimate of drug-likeness (QED) is 0.908. The number of rotatable bonds is 5. The van der Waals surface area contributed by atoms with Crippen molar-refractivity contribution in [3.63, 3.8) is 0 Å². The first kappa shape index (κ1) is 14.8. The van der Waals surface area contributed by atoms with Gasteiger partial charge in [-0.15, -0.1) is 0 Å². The average Bonchev–Trinajstić information content (AvgIpc) is 2.88. The zero-order valence-electron chi connectivity index (χ0n) is 11.5. The van der Waals surface area contributed by atoms with Crippen molar-refractivity contribution in [3.8, 4) is 0 Å². The van der Waals surface area contributed by atoms with Crippen LogP contribution in [0.2, 0.25) is 0 Å². The van der Waals surface area contributed by atoms with Crippen molar-refractivity contribution in [2.75, 3.05) is 19.0 Å². The Balaban J connectivity index is 2.14. The van der Waals surface area contributed by atoms with E-state index >= 15 is 0 Å². The molecule has 1 aromatic carbocycles. The molecule has 0 spiro atoms. The SMILES string of the molecule is COCCn1cccc1C(=O)Nc1ccc(Br)cc1C. The molecule has 4 nitrogen and oxygen atoms in total. The van der Waals surface area contributed by atoms with Crippen molar-refractivity contribution in [3.05, 3.63) is 52.3 Å². The lowest BCUT2D eigenvalue weighted by molar-refractivity contribution is 0.101. The normalized spacial score (nSPS) is 10.6. The van der Waals surface area contributed by atoms with Crippen molar-refractivity contribution in [1.82, 2.24) is 4.57 Å². The standard InChI is InChI=1S/C15H17BrN2O2/c1-11-10-12(16)5-6-13(11)17-15(19)14-4-3-7-18(14)8-9-20-2/h3-7,10H,8-9H2,1-2H3,(H,17,19). The van der Waals surface area contributed by atoms with Gasteiger partial charge in [0.15, 0.2) is 0 Å². The summed E-state index contributed by atoms with van der Waals surface area (Å²) in [6.45, 7) is 3.20. The van der Waals surface area contributed by atoms with Crippen LogP contribution in [0.5, 0.6) is 0 Å². The van der Waals surface area contributed by atoms with Crippen LogP contribution < -0.4 is 5.32 Å². The Kier molecular flexibility index (Phi) is 4.98. The molecule has 0 unspecified atom stereocenters. The number of anilines is 1. The largest absolute Gasteiger partial charge is 0.383 e. The average molecular weight is 337 g/mol. The van der Waals surface area contributed by atoms with Crippen LogP contribution in [0.1, 0.15) is 16.1 Å². The Bertz CT molecular complexity index is 608. The highest BCUT2D eigenvalue weighted by atomic mass is 79.9. The maximum Gasteiger partial charge on any atom is 0.272 e. The Labute approximate surface area is 126 Å². The van der Waals surface area contributed by atoms with E-state index in [4.69, 9.17) is 4.74 Å². The number of benzene rings is 1. The van der Waals surface area contributed by atoms with Gasteiger partial charge in [0.1, 0.15) is 5.69 Å². The molecular formula is C15H17BrN2O2. The van der Waals surface area contributed by atoms with Gasteiger partial charge >= 0.3 is 0 Å². The fourth-order valence-corrected chi connectivity index (χ4v) is 2.43. The Morgan fingerprint density at radius 2 is 2.20 bits per heavy atom. The van der Waals surface area contributed by atoms with Gasteiger partial charge in [-0.2, -0.15) is 0 Å². The van der Waals surface area contributed by atoms with Gasteiger partial charge in [-0.3, -0.25) is 4.79 Å². The predicted molar refractivity (Wildman–Crippen MR) is 83.1 cm³/mol. The summed E-state index contributed by atoms with van der Waals surface area (Å²) >= 11 is 3.41. The number of halogens is 1. The monoisotopic (exact) mass is 336 g/mol. The van der Waals surface area contributed by atoms with E-state index in [1.807, 2.05) is 42.0 Å². The summed E-state index contributed by atoms with van der Waals surface area (Å²) in [5.74, 6) is -0.114. The molecular weight excluding hydrogens is 320 g/mol. The van der Waals surface area contributed by atoms with E-state index in [1.54, 1.807) is 13.2 Å². The Morgan fingerprint density at radius 1 is 1.40 bits per heavy atom. The van der Waals surface area contributed by atoms with Gasteiger partial charge in [-0.05, 0) is 42.8 Å². The van der Waals surface area contributed by atoms with E-state index in [-0.39, 0.29) is 5.91 Å². The van der Waals surface area contributed by atoms with Crippen molar-refractivity contribution >= 4 is 27.5 Å². The molecule has 1 heterocycles. The minimum atomic E-state index is -0.114. The molecule has 2 rings (SSSR count). The zero-order chi connectivity index (χ0) is 14.5. The molecule has 0 fully saturated rings. The Hall–Kier alpha value is -1.59. The summed E-state index contributed by atoms with van der Waals surface area (Å²) in [6, 6.07) is 9.43. The molecule has 5 heteroatoms. The summed E-state index contributed by atoms with van der Waals surface area (Å²) in [6.07, 6.45) is 1.88. The summed E-state index contributed by atoms with van der Waals surface area (Å²) in [4.78, 5) is 12.3. The van der Waals surface area contributed by atoms with Crippen LogP contribution in [0, 0.1) is 6.92 Å². The number of nitrogens with one attached hydrogen (secondary N) is 1. The first-order valence-corrected chi connectivity index (χ1v) is 7.12. The van der Waals surface area contributed by atoms with Crippen LogP contribution in [0.3, 0.4) is 0 Å². The second kappa shape index (κ2) is 6.72. The molecule has 0 saturated carbocycles. The number of nitrogens with zero attached hydrogens (tertiary/aromatic N) is 1. The highest BCUT2D eigenvalue weighted by Crippen LogP contribution is 2.20. The smallest absolute Gasteiger partial charge is 0.272 e. The van der Waals surface area contributed by atoms with E-state index in [1.165, 1.54) is 0 Å². The molecule has 1 N–H and O–H groups in total. The molecule has 0 radical (unpaired) electrons. The number of methoxy groups -OCH3 is 1. The number of amides is 1. The minimum Gasteiger partial charge on any atom is -0.383 e. The van der Waals surface area contributed by atoms with E-state index < -0.39 is 0 Å². The van der Waals surface area contributed by atoms with E-state index in [0.29, 0.717) is 18.8 Å². The van der Waals surface area contributed by atoms with Gasteiger partial charge in [0, 0.05) is 30.0 Å². The van der Waals surface area contributed by atoms with Gasteiger partial charge in [0.05, 0.1) is 6.61 Å². The molecule has 20 heavy (non-hydrogen) atoms. The number of aryl methyl sites for hydroxylation is 1. The molecule has 0 atom stereocenters. The second-order valence-corrected chi connectivity index (χ2v) is 5.41. The third-order valence-electron chi connectivity index (χ3n) is 3.04. The van der Waals surface area contributed by atoms with E-state index in [2.05, 4.69) is 21.2 Å². The lowest BCUT2D eigenvalue weighted by atomic mass is 10.2. The van der Waals surface area contributed by atoms with Crippen LogP contribution in [0.15, 0.2) is 41.0 Å². The first-order valence-electron chi connectivity index (χ1n) is 6.33. The third-order valence-corrected chi connectivity index (χ3v) is 3.53. The fraction of sp³-hybridized carbons (Fsp3) is 0.267. The summed E-state index contributed by atoms with van der Waals surface area (Å²) < 4.78 is 7.92. The highest BCUT2D eigenvalue weighted by molar-refractivity contribution is 9.10. The number of aromatic nitrogens is 1. The number of carbonyl (C=O) groups is 1. The van der Waals surface area contributed by atoms with Gasteiger partial charge in [-0.1, -0.05) is 15.9 Å². The highest BCUT2D eigenvalue weighted by Gasteiger charge is 2.12. The van der Waals surface area contributed by atoms with Crippen molar-refractivity contribution in [2.45, 2.75) is 13.5 Å². The van der Waals surface area contributed by atoms with Gasteiger partial charge in [0.25, 0.3) is 5.91 Å². The number of hydrogen-bond donors (Lipinski definition) is 1. The van der Waals surface area contributed by atoms with E-state index in [9.17, 15) is 4.79 Å². The van der Waals surface area contributed by atoms with Crippen LogP contribution in [-0.2, 0) is 11.3 Å². The number of hydrogen-bond acceptors (Lipinski definition) is 2. The van der Waals surface area contributed by atoms with Gasteiger partial charge in [0.2, 0.25) is 0 Å². The fourth-order valence-electron chi connectivity index (χ4n) is 1.96. The van der Waals surface area contributed by atoms with Crippen LogP contribution in [-0.4, -0.2) is 24.2 Å². The van der Waals surface area contributed by atoms with Gasteiger partial charge < -0.3 is 14.6 Å². The van der Waals surface area contributed by atoms with Crippen LogP contribution >= 0.6 is 15.9 Å². The molecule has 106 valence electrons. The van der Waals surface area contributed by atoms with E-state index in [0.717, 1.165) is 15.7 Å². The molecule has 0 saturated heterocycles. The zero-order valence-corrected chi connectivity index (χ0v) is 13.1. The van der Waals surface area contributed by atoms with Gasteiger partial charge in [-0.25, -0.2) is 0 Å². The molecule has 1 amide bonds. The first-order chi connectivity index (χ1) is 9.61. The minimum absolute atomic E-state index is 0.114. The lowest BCUT2D eigenvalue weighted by Crippen LogP contribution is -2.18. The maximum absolute atomic E-state index is 12.3. The topological polar surface area (TPSA) is 43.3 Å². The predicted octanol–water partition coefficient (Wildman–Crippen LogP) is 3.46. The molecule has 1 aromatic heterocycles. The van der Waals surface area contributed by atoms with Crippen LogP contribution in [0.4, 0.5) is 5.69 Å². The molecule has 0 bridgehead atoms. The maximum atomic E-state index is 12.3. The number of ether oxygens (including phenoxy) is 1. The summed E-state index contributed by atoms with van der Waals surface area (Å²) in [7, 11) is 1.65. The van der Waals surface area contributed by atoms with Crippen molar-refractivity contribution < 1.29 is 9.53 Å². The molecule has 0 aliphatic heterocycles. The van der Waals surface area contributed by atoms with Crippen LogP contribution in [0.25, 0.3) is 0 Å². The molecule has 2 aromatic rings. The molecule has 0 aliphatic rings. The Morgan fingerprint density at radius 3 is 2.90 bits per heavy atom. The summed E-state index contributed by atoms with van der Waals surface area (Å²) in [5.41, 5.74) is 2.46. The summed E-state index contributed by atoms with van der Waals surface area (Å²) in [5, 5.41) is 2.94. The number of carbonyl (C=O) groups excluding carboxylic acids is 1. The second-order valence-electron chi connectivity index (χ2n) is 4.49. The van der Waals surface area contributed by atoms with Crippen molar-refractivity contribution in [2.24, 2.45) is 0 Å². The van der Waals surface area contributed by atoms with Crippen molar-refractivity contribution in [1.29, 1.82) is 0 Å². The lowest BCUT2D eigenvalue weighted by Gasteiger charge is -2.11. The molecule has 0 aliphatic carbocycles. The third kappa shape index (κ3) is 3.49.